The number of nitrogens with two attached hydrogens (primary N) is 2. The molecule has 2 nitrogen and oxygen atoms in total. The van der Waals surface area contributed by atoms with Gasteiger partial charge in [0.2, 0.25) is 0 Å². The summed E-state index contributed by atoms with van der Waals surface area (Å²) in [7, 11) is 0. The van der Waals surface area contributed by atoms with Gasteiger partial charge in [0, 0.05) is 11.4 Å². The first kappa shape index (κ1) is 9.61. The third-order valence-corrected chi connectivity index (χ3v) is 2.42. The van der Waals surface area contributed by atoms with Gasteiger partial charge in [0.15, 0.2) is 0 Å². The molecule has 0 bridgehead atoms. The molecule has 0 fully saturated rings. The Bertz CT molecular complexity index is 297. The molecule has 4 heteroatoms. The maximum atomic E-state index is 5.81. The predicted octanol–water partition coefficient (Wildman–Crippen LogP) is 2.02. The van der Waals surface area contributed by atoms with E-state index >= 15 is 0 Å². The number of thiol groups is 2. The molecule has 66 valence electrons. The first-order chi connectivity index (χ1) is 5.54. The van der Waals surface area contributed by atoms with Crippen molar-refractivity contribution in [3.63, 3.8) is 0 Å². The van der Waals surface area contributed by atoms with Gasteiger partial charge in [-0.1, -0.05) is 6.07 Å². The topological polar surface area (TPSA) is 52.0 Å². The Hall–Kier alpha value is -0.480. The van der Waals surface area contributed by atoms with Crippen LogP contribution in [0.5, 0.6) is 0 Å². The quantitative estimate of drug-likeness (QED) is 0.318. The average molecular weight is 200 g/mol. The molecule has 0 aliphatic rings. The van der Waals surface area contributed by atoms with E-state index in [9.17, 15) is 0 Å². The number of hydrogen-bond donors (Lipinski definition) is 4. The van der Waals surface area contributed by atoms with Crippen LogP contribution >= 0.6 is 25.3 Å². The second kappa shape index (κ2) is 3.49. The number of nitrogen functional groups attached to an aromatic ring is 2. The zero-order valence-corrected chi connectivity index (χ0v) is 8.57. The second-order valence-electron chi connectivity index (χ2n) is 2.66. The first-order valence-electron chi connectivity index (χ1n) is 3.54. The summed E-state index contributed by atoms with van der Waals surface area (Å²) < 4.78 is -0.149. The van der Waals surface area contributed by atoms with Gasteiger partial charge in [-0.05, 0) is 24.1 Å². The molecule has 1 aromatic carbocycles. The molecule has 0 aromatic heterocycles. The van der Waals surface area contributed by atoms with Gasteiger partial charge < -0.3 is 11.5 Å². The lowest BCUT2D eigenvalue weighted by molar-refractivity contribution is 1.35. The summed E-state index contributed by atoms with van der Waals surface area (Å²) in [5.41, 5.74) is 14.7. The summed E-state index contributed by atoms with van der Waals surface area (Å²) in [4.78, 5) is 0. The highest BCUT2D eigenvalue weighted by Gasteiger charge is 2.08. The maximum Gasteiger partial charge on any atom is 0.0712 e. The Morgan fingerprint density at radius 2 is 1.83 bits per heavy atom. The van der Waals surface area contributed by atoms with Crippen LogP contribution in [0.2, 0.25) is 0 Å². The van der Waals surface area contributed by atoms with E-state index in [-0.39, 0.29) is 4.58 Å². The van der Waals surface area contributed by atoms with Gasteiger partial charge in [-0.25, -0.2) is 0 Å². The highest BCUT2D eigenvalue weighted by Crippen LogP contribution is 2.32. The van der Waals surface area contributed by atoms with Crippen molar-refractivity contribution in [3.05, 3.63) is 23.3 Å². The van der Waals surface area contributed by atoms with Crippen molar-refractivity contribution in [1.29, 1.82) is 0 Å². The molecule has 0 saturated carbocycles. The lowest BCUT2D eigenvalue weighted by Crippen LogP contribution is -2.00. The van der Waals surface area contributed by atoms with Gasteiger partial charge in [0.1, 0.15) is 0 Å². The van der Waals surface area contributed by atoms with Crippen LogP contribution in [0.3, 0.4) is 0 Å². The molecule has 0 aliphatic heterocycles. The number of anilines is 2. The third kappa shape index (κ3) is 1.64. The highest BCUT2D eigenvalue weighted by molar-refractivity contribution is 7.98. The van der Waals surface area contributed by atoms with Crippen molar-refractivity contribution in [2.45, 2.75) is 11.5 Å². The van der Waals surface area contributed by atoms with Crippen LogP contribution < -0.4 is 11.5 Å². The second-order valence-corrected chi connectivity index (χ2v) is 4.10. The van der Waals surface area contributed by atoms with E-state index in [2.05, 4.69) is 25.3 Å². The van der Waals surface area contributed by atoms with Crippen LogP contribution in [0, 0.1) is 6.92 Å². The smallest absolute Gasteiger partial charge is 0.0712 e. The Balaban J connectivity index is 3.27. The minimum atomic E-state index is -0.149. The first-order valence-corrected chi connectivity index (χ1v) is 4.58. The van der Waals surface area contributed by atoms with E-state index in [1.54, 1.807) is 0 Å². The van der Waals surface area contributed by atoms with Gasteiger partial charge in [0.05, 0.1) is 4.58 Å². The van der Waals surface area contributed by atoms with Crippen molar-refractivity contribution in [3.8, 4) is 0 Å². The predicted molar refractivity (Wildman–Crippen MR) is 60.7 cm³/mol. The van der Waals surface area contributed by atoms with Crippen LogP contribution in [0.4, 0.5) is 11.4 Å². The standard InChI is InChI=1S/C8H12N2S2/c1-4-6(9)3-2-5(7(4)10)8(11)12/h2-3,8,11-12H,9-10H2,1H3. The lowest BCUT2D eigenvalue weighted by Gasteiger charge is -2.11. The molecule has 0 unspecified atom stereocenters. The van der Waals surface area contributed by atoms with Crippen LogP contribution in [0.15, 0.2) is 12.1 Å². The molecular weight excluding hydrogens is 188 g/mol. The van der Waals surface area contributed by atoms with E-state index in [1.165, 1.54) is 0 Å². The van der Waals surface area contributed by atoms with Gasteiger partial charge in [-0.15, -0.1) is 0 Å². The van der Waals surface area contributed by atoms with Crippen molar-refractivity contribution in [2.24, 2.45) is 0 Å². The van der Waals surface area contributed by atoms with Gasteiger partial charge in [0.25, 0.3) is 0 Å². The fourth-order valence-corrected chi connectivity index (χ4v) is 1.44. The molecule has 1 rings (SSSR count). The molecule has 0 spiro atoms. The third-order valence-electron chi connectivity index (χ3n) is 1.87. The Kier molecular flexibility index (Phi) is 2.80. The van der Waals surface area contributed by atoms with Crippen LogP contribution in [-0.4, -0.2) is 0 Å². The van der Waals surface area contributed by atoms with Gasteiger partial charge >= 0.3 is 0 Å². The van der Waals surface area contributed by atoms with Crippen molar-refractivity contribution >= 4 is 36.6 Å². The summed E-state index contributed by atoms with van der Waals surface area (Å²) in [6, 6.07) is 3.67. The highest BCUT2D eigenvalue weighted by atomic mass is 32.2. The fraction of sp³-hybridized carbons (Fsp3) is 0.250. The number of hydrogen-bond acceptors (Lipinski definition) is 4. The van der Waals surface area contributed by atoms with Crippen molar-refractivity contribution in [1.82, 2.24) is 0 Å². The molecule has 4 N–H and O–H groups in total. The molecule has 12 heavy (non-hydrogen) atoms. The Morgan fingerprint density at radius 3 is 2.33 bits per heavy atom. The Morgan fingerprint density at radius 1 is 1.25 bits per heavy atom. The molecule has 0 aliphatic carbocycles. The van der Waals surface area contributed by atoms with Gasteiger partial charge in [-0.3, -0.25) is 0 Å². The Labute approximate surface area is 83.2 Å². The SMILES string of the molecule is Cc1c(N)ccc(C(S)S)c1N. The summed E-state index contributed by atoms with van der Waals surface area (Å²) in [5, 5.41) is 0. The maximum absolute atomic E-state index is 5.81. The zero-order valence-electron chi connectivity index (χ0n) is 6.78. The largest absolute Gasteiger partial charge is 0.398 e. The van der Waals surface area contributed by atoms with Crippen LogP contribution in [0.1, 0.15) is 15.7 Å². The van der Waals surface area contributed by atoms with Gasteiger partial charge in [-0.2, -0.15) is 25.3 Å². The fourth-order valence-electron chi connectivity index (χ4n) is 0.991. The number of rotatable bonds is 1. The minimum absolute atomic E-state index is 0.149. The lowest BCUT2D eigenvalue weighted by atomic mass is 10.1. The molecule has 0 atom stereocenters. The summed E-state index contributed by atoms with van der Waals surface area (Å²) >= 11 is 8.36. The van der Waals surface area contributed by atoms with Crippen molar-refractivity contribution in [2.75, 3.05) is 11.5 Å². The van der Waals surface area contributed by atoms with E-state index < -0.39 is 0 Å². The van der Waals surface area contributed by atoms with Crippen LogP contribution in [0.25, 0.3) is 0 Å². The average Bonchev–Trinajstić information content (AvgIpc) is 2.00. The number of benzene rings is 1. The molecule has 0 radical (unpaired) electrons. The molecule has 0 saturated heterocycles. The normalized spacial score (nSPS) is 10.7. The minimum Gasteiger partial charge on any atom is -0.398 e. The zero-order chi connectivity index (χ0) is 9.30. The van der Waals surface area contributed by atoms with E-state index in [0.717, 1.165) is 11.1 Å². The summed E-state index contributed by atoms with van der Waals surface area (Å²) in [6.45, 7) is 1.89. The molecular formula is C8H12N2S2. The summed E-state index contributed by atoms with van der Waals surface area (Å²) in [6.07, 6.45) is 0. The molecule has 0 amide bonds. The summed E-state index contributed by atoms with van der Waals surface area (Å²) in [5.74, 6) is 0. The van der Waals surface area contributed by atoms with E-state index in [4.69, 9.17) is 11.5 Å². The van der Waals surface area contributed by atoms with E-state index in [0.29, 0.717) is 11.4 Å². The molecule has 0 heterocycles. The molecule has 1 aromatic rings. The monoisotopic (exact) mass is 200 g/mol. The van der Waals surface area contributed by atoms with E-state index in [1.807, 2.05) is 19.1 Å². The van der Waals surface area contributed by atoms with Crippen molar-refractivity contribution < 1.29 is 0 Å². The van der Waals surface area contributed by atoms with Crippen LogP contribution in [-0.2, 0) is 0 Å².